The lowest BCUT2D eigenvalue weighted by Gasteiger charge is -2.16. The van der Waals surface area contributed by atoms with E-state index in [1.54, 1.807) is 30.1 Å². The van der Waals surface area contributed by atoms with E-state index in [-0.39, 0.29) is 11.7 Å². The minimum Gasteiger partial charge on any atom is -0.337 e. The smallest absolute Gasteiger partial charge is 0.254 e. The van der Waals surface area contributed by atoms with Gasteiger partial charge in [-0.15, -0.1) is 11.3 Å². The van der Waals surface area contributed by atoms with E-state index in [9.17, 15) is 9.18 Å². The van der Waals surface area contributed by atoms with Crippen molar-refractivity contribution in [2.24, 2.45) is 0 Å². The van der Waals surface area contributed by atoms with E-state index in [2.05, 4.69) is 15.9 Å². The van der Waals surface area contributed by atoms with Crippen LogP contribution in [0.5, 0.6) is 0 Å². The van der Waals surface area contributed by atoms with Crippen molar-refractivity contribution in [1.29, 1.82) is 0 Å². The molecule has 94 valence electrons. The van der Waals surface area contributed by atoms with Crippen molar-refractivity contribution < 1.29 is 9.18 Å². The summed E-state index contributed by atoms with van der Waals surface area (Å²) in [5.74, 6) is -0.309. The normalized spacial score (nSPS) is 10.4. The molecular formula is C13H11BrFNOS. The van der Waals surface area contributed by atoms with Crippen LogP contribution >= 0.6 is 27.3 Å². The summed E-state index contributed by atoms with van der Waals surface area (Å²) < 4.78 is 13.7. The predicted octanol–water partition coefficient (Wildman–Crippen LogP) is 3.92. The predicted molar refractivity (Wildman–Crippen MR) is 74.2 cm³/mol. The Bertz CT molecular complexity index is 552. The van der Waals surface area contributed by atoms with Gasteiger partial charge >= 0.3 is 0 Å². The molecule has 1 heterocycles. The molecule has 0 aliphatic heterocycles. The Morgan fingerprint density at radius 3 is 2.61 bits per heavy atom. The molecule has 18 heavy (non-hydrogen) atoms. The molecule has 0 saturated carbocycles. The zero-order chi connectivity index (χ0) is 13.1. The topological polar surface area (TPSA) is 20.3 Å². The molecule has 0 radical (unpaired) electrons. The molecule has 1 aromatic carbocycles. The Hall–Kier alpha value is -1.20. The lowest BCUT2D eigenvalue weighted by Crippen LogP contribution is -2.25. The first kappa shape index (κ1) is 13.2. The number of hydrogen-bond donors (Lipinski definition) is 0. The van der Waals surface area contributed by atoms with Crippen LogP contribution < -0.4 is 0 Å². The van der Waals surface area contributed by atoms with Crippen LogP contribution in [-0.4, -0.2) is 17.9 Å². The molecule has 0 spiro atoms. The molecule has 0 fully saturated rings. The van der Waals surface area contributed by atoms with Gasteiger partial charge in [0.05, 0.1) is 9.35 Å². The zero-order valence-electron chi connectivity index (χ0n) is 9.69. The summed E-state index contributed by atoms with van der Waals surface area (Å²) in [6, 6.07) is 7.96. The highest BCUT2D eigenvalue weighted by atomic mass is 79.9. The van der Waals surface area contributed by atoms with Crippen molar-refractivity contribution in [3.63, 3.8) is 0 Å². The van der Waals surface area contributed by atoms with Crippen LogP contribution in [0.4, 0.5) is 4.39 Å². The van der Waals surface area contributed by atoms with Gasteiger partial charge in [-0.3, -0.25) is 4.79 Å². The first-order valence-corrected chi connectivity index (χ1v) is 6.97. The number of hydrogen-bond acceptors (Lipinski definition) is 2. The van der Waals surface area contributed by atoms with Gasteiger partial charge in [-0.05, 0) is 39.7 Å². The van der Waals surface area contributed by atoms with Crippen molar-refractivity contribution >= 4 is 33.2 Å². The average molecular weight is 328 g/mol. The number of halogens is 2. The largest absolute Gasteiger partial charge is 0.337 e. The fourth-order valence-electron chi connectivity index (χ4n) is 1.58. The summed E-state index contributed by atoms with van der Waals surface area (Å²) in [4.78, 5) is 13.7. The molecule has 0 saturated heterocycles. The third-order valence-electron chi connectivity index (χ3n) is 2.49. The molecule has 0 bridgehead atoms. The van der Waals surface area contributed by atoms with Gasteiger partial charge in [0.15, 0.2) is 0 Å². The Balaban J connectivity index is 2.05. The molecule has 0 unspecified atom stereocenters. The van der Waals surface area contributed by atoms with Crippen molar-refractivity contribution in [2.45, 2.75) is 6.54 Å². The van der Waals surface area contributed by atoms with E-state index >= 15 is 0 Å². The van der Waals surface area contributed by atoms with E-state index < -0.39 is 0 Å². The standard InChI is InChI=1S/C13H11BrFNOS/c1-16(7-9-2-4-11(15)5-3-9)13(17)10-6-12(14)18-8-10/h2-6,8H,7H2,1H3. The van der Waals surface area contributed by atoms with E-state index in [0.717, 1.165) is 9.35 Å². The van der Waals surface area contributed by atoms with Gasteiger partial charge in [0.25, 0.3) is 5.91 Å². The molecule has 0 aliphatic carbocycles. The van der Waals surface area contributed by atoms with E-state index in [0.29, 0.717) is 12.1 Å². The summed E-state index contributed by atoms with van der Waals surface area (Å²) in [5.41, 5.74) is 1.57. The first-order valence-electron chi connectivity index (χ1n) is 5.30. The highest BCUT2D eigenvalue weighted by Gasteiger charge is 2.13. The molecule has 2 nitrogen and oxygen atoms in total. The summed E-state index contributed by atoms with van der Waals surface area (Å²) in [5, 5.41) is 1.81. The first-order chi connectivity index (χ1) is 8.56. The van der Waals surface area contributed by atoms with E-state index in [1.165, 1.54) is 23.5 Å². The molecule has 0 atom stereocenters. The van der Waals surface area contributed by atoms with Gasteiger partial charge in [0.1, 0.15) is 5.82 Å². The maximum Gasteiger partial charge on any atom is 0.254 e. The van der Waals surface area contributed by atoms with Crippen molar-refractivity contribution in [3.8, 4) is 0 Å². The fraction of sp³-hybridized carbons (Fsp3) is 0.154. The maximum absolute atomic E-state index is 12.8. The second kappa shape index (κ2) is 5.63. The van der Waals surface area contributed by atoms with Crippen molar-refractivity contribution in [2.75, 3.05) is 7.05 Å². The van der Waals surface area contributed by atoms with Gasteiger partial charge < -0.3 is 4.90 Å². The third kappa shape index (κ3) is 3.17. The number of nitrogens with zero attached hydrogens (tertiary/aromatic N) is 1. The van der Waals surface area contributed by atoms with Crippen LogP contribution in [-0.2, 0) is 6.54 Å². The highest BCUT2D eigenvalue weighted by molar-refractivity contribution is 9.11. The van der Waals surface area contributed by atoms with Gasteiger partial charge in [0, 0.05) is 19.0 Å². The number of carbonyl (C=O) groups is 1. The average Bonchev–Trinajstić information content (AvgIpc) is 2.78. The highest BCUT2D eigenvalue weighted by Crippen LogP contribution is 2.22. The molecule has 2 aromatic rings. The van der Waals surface area contributed by atoms with Crippen LogP contribution in [0, 0.1) is 5.82 Å². The van der Waals surface area contributed by atoms with Crippen LogP contribution in [0.2, 0.25) is 0 Å². The molecule has 1 aromatic heterocycles. The van der Waals surface area contributed by atoms with Gasteiger partial charge in [-0.25, -0.2) is 4.39 Å². The minimum absolute atomic E-state index is 0.0405. The monoisotopic (exact) mass is 327 g/mol. The van der Waals surface area contributed by atoms with Gasteiger partial charge in [-0.2, -0.15) is 0 Å². The number of thiophene rings is 1. The van der Waals surface area contributed by atoms with Crippen LogP contribution in [0.1, 0.15) is 15.9 Å². The summed E-state index contributed by atoms with van der Waals surface area (Å²) in [7, 11) is 1.73. The summed E-state index contributed by atoms with van der Waals surface area (Å²) in [6.07, 6.45) is 0. The molecule has 5 heteroatoms. The van der Waals surface area contributed by atoms with Crippen molar-refractivity contribution in [1.82, 2.24) is 4.90 Å². The van der Waals surface area contributed by atoms with E-state index in [1.807, 2.05) is 5.38 Å². The number of amides is 1. The Morgan fingerprint density at radius 1 is 1.39 bits per heavy atom. The number of benzene rings is 1. The minimum atomic E-state index is -0.269. The van der Waals surface area contributed by atoms with Crippen molar-refractivity contribution in [3.05, 3.63) is 56.4 Å². The second-order valence-electron chi connectivity index (χ2n) is 3.93. The quantitative estimate of drug-likeness (QED) is 0.836. The van der Waals surface area contributed by atoms with Gasteiger partial charge in [0.2, 0.25) is 0 Å². The Morgan fingerprint density at radius 2 is 2.06 bits per heavy atom. The third-order valence-corrected chi connectivity index (χ3v) is 4.00. The zero-order valence-corrected chi connectivity index (χ0v) is 12.1. The summed E-state index contributed by atoms with van der Waals surface area (Å²) in [6.45, 7) is 0.465. The molecule has 2 rings (SSSR count). The Kier molecular flexibility index (Phi) is 4.14. The molecule has 0 N–H and O–H groups in total. The lowest BCUT2D eigenvalue weighted by molar-refractivity contribution is 0.0785. The number of rotatable bonds is 3. The van der Waals surface area contributed by atoms with Crippen LogP contribution in [0.15, 0.2) is 39.5 Å². The maximum atomic E-state index is 12.8. The van der Waals surface area contributed by atoms with E-state index in [4.69, 9.17) is 0 Å². The molecule has 0 aliphatic rings. The lowest BCUT2D eigenvalue weighted by atomic mass is 10.2. The van der Waals surface area contributed by atoms with Crippen LogP contribution in [0.3, 0.4) is 0 Å². The summed E-state index contributed by atoms with van der Waals surface area (Å²) >= 11 is 4.81. The Labute approximate surface area is 117 Å². The molecular weight excluding hydrogens is 317 g/mol. The van der Waals surface area contributed by atoms with Gasteiger partial charge in [-0.1, -0.05) is 12.1 Å². The van der Waals surface area contributed by atoms with Crippen LogP contribution in [0.25, 0.3) is 0 Å². The number of carbonyl (C=O) groups excluding carboxylic acids is 1. The SMILES string of the molecule is CN(Cc1ccc(F)cc1)C(=O)c1csc(Br)c1. The second-order valence-corrected chi connectivity index (χ2v) is 6.22. The molecule has 1 amide bonds. The fourth-order valence-corrected chi connectivity index (χ4v) is 2.71.